The molecule has 0 amide bonds. The van der Waals surface area contributed by atoms with Crippen molar-refractivity contribution < 1.29 is 23.4 Å². The molecule has 2 aromatic rings. The number of carbonyl (C=O) groups is 1. The molecule has 2 N–H and O–H groups in total. The molecule has 160 valence electrons. The minimum absolute atomic E-state index is 0.0524. The smallest absolute Gasteiger partial charge is 0.354 e. The highest BCUT2D eigenvalue weighted by atomic mass is 28.3. The molecule has 29 heavy (non-hydrogen) atoms. The van der Waals surface area contributed by atoms with Gasteiger partial charge in [-0.15, -0.1) is 0 Å². The van der Waals surface area contributed by atoms with Crippen LogP contribution in [0.5, 0.6) is 0 Å². The zero-order valence-electron chi connectivity index (χ0n) is 17.2. The van der Waals surface area contributed by atoms with Crippen molar-refractivity contribution in [1.82, 2.24) is 14.9 Å². The fraction of sp³-hybridized carbons (Fsp3) is 0.600. The molecule has 0 spiro atoms. The number of hydrogen-bond acceptors (Lipinski definition) is 4. The van der Waals surface area contributed by atoms with Gasteiger partial charge in [0, 0.05) is 46.3 Å². The number of halogens is 2. The van der Waals surface area contributed by atoms with Gasteiger partial charge in [-0.25, -0.2) is 18.6 Å². The van der Waals surface area contributed by atoms with Crippen molar-refractivity contribution in [1.29, 1.82) is 0 Å². The molecule has 3 rings (SSSR count). The largest absolute Gasteiger partial charge is 0.477 e. The summed E-state index contributed by atoms with van der Waals surface area (Å²) in [6, 6.07) is 4.05. The Bertz CT molecular complexity index is 880. The first-order chi connectivity index (χ1) is 13.5. The van der Waals surface area contributed by atoms with Crippen molar-refractivity contribution in [2.75, 3.05) is 6.61 Å². The topological polar surface area (TPSA) is 76.4 Å². The average Bonchev–Trinajstić information content (AvgIpc) is 3.18. The maximum atomic E-state index is 13.5. The summed E-state index contributed by atoms with van der Waals surface area (Å²) in [7, 11) is -1.19. The highest BCUT2D eigenvalue weighted by Gasteiger charge is 2.39. The quantitative estimate of drug-likeness (QED) is 0.462. The molecule has 0 unspecified atom stereocenters. The van der Waals surface area contributed by atoms with Gasteiger partial charge in [-0.3, -0.25) is 0 Å². The van der Waals surface area contributed by atoms with Gasteiger partial charge >= 0.3 is 5.97 Å². The second kappa shape index (κ2) is 8.49. The number of rotatable bonds is 9. The Morgan fingerprint density at radius 1 is 1.45 bits per heavy atom. The SMILES string of the molecule is C[Si](C)(C)CCOCn1ccc2nc(C(=O)O)cc(CN[C@H]3CCC(F)(F)C3)c21. The summed E-state index contributed by atoms with van der Waals surface area (Å²) < 4.78 is 34.7. The Balaban J connectivity index is 1.77. The van der Waals surface area contributed by atoms with Gasteiger partial charge in [0.05, 0.1) is 11.0 Å². The van der Waals surface area contributed by atoms with Crippen LogP contribution >= 0.6 is 0 Å². The first-order valence-corrected chi connectivity index (χ1v) is 13.7. The van der Waals surface area contributed by atoms with Gasteiger partial charge in [0.2, 0.25) is 5.92 Å². The Labute approximate surface area is 170 Å². The summed E-state index contributed by atoms with van der Waals surface area (Å²) in [5.41, 5.74) is 2.01. The van der Waals surface area contributed by atoms with Crippen LogP contribution < -0.4 is 5.32 Å². The van der Waals surface area contributed by atoms with Gasteiger partial charge in [-0.1, -0.05) is 19.6 Å². The molecule has 0 aromatic carbocycles. The van der Waals surface area contributed by atoms with E-state index in [2.05, 4.69) is 29.9 Å². The molecule has 1 fully saturated rings. The second-order valence-corrected chi connectivity index (χ2v) is 14.6. The number of carboxylic acids is 1. The van der Waals surface area contributed by atoms with E-state index in [1.807, 2.05) is 10.8 Å². The van der Waals surface area contributed by atoms with E-state index >= 15 is 0 Å². The Morgan fingerprint density at radius 3 is 2.83 bits per heavy atom. The molecular weight excluding hydrogens is 396 g/mol. The van der Waals surface area contributed by atoms with Crippen LogP contribution in [0.25, 0.3) is 11.0 Å². The number of aromatic carboxylic acids is 1. The molecule has 2 aromatic heterocycles. The normalized spacial score (nSPS) is 19.1. The van der Waals surface area contributed by atoms with Gasteiger partial charge in [0.1, 0.15) is 12.4 Å². The van der Waals surface area contributed by atoms with E-state index in [4.69, 9.17) is 4.74 Å². The Morgan fingerprint density at radius 2 is 2.21 bits per heavy atom. The van der Waals surface area contributed by atoms with Crippen molar-refractivity contribution in [3.8, 4) is 0 Å². The van der Waals surface area contributed by atoms with Gasteiger partial charge in [0.25, 0.3) is 0 Å². The lowest BCUT2D eigenvalue weighted by Gasteiger charge is -2.17. The number of pyridine rings is 1. The van der Waals surface area contributed by atoms with E-state index in [0.29, 0.717) is 31.8 Å². The minimum Gasteiger partial charge on any atom is -0.477 e. The van der Waals surface area contributed by atoms with E-state index in [9.17, 15) is 18.7 Å². The predicted molar refractivity (Wildman–Crippen MR) is 110 cm³/mol. The number of fused-ring (bicyclic) bond motifs is 1. The zero-order chi connectivity index (χ0) is 21.2. The molecule has 6 nitrogen and oxygen atoms in total. The fourth-order valence-corrected chi connectivity index (χ4v) is 4.32. The summed E-state index contributed by atoms with van der Waals surface area (Å²) in [6.07, 6.45) is 1.94. The number of ether oxygens (including phenoxy) is 1. The summed E-state index contributed by atoms with van der Waals surface area (Å²) >= 11 is 0. The summed E-state index contributed by atoms with van der Waals surface area (Å²) in [4.78, 5) is 15.7. The van der Waals surface area contributed by atoms with Gasteiger partial charge in [-0.2, -0.15) is 0 Å². The molecule has 1 saturated carbocycles. The minimum atomic E-state index is -2.62. The van der Waals surface area contributed by atoms with Crippen LogP contribution in [0.15, 0.2) is 18.3 Å². The highest BCUT2D eigenvalue weighted by molar-refractivity contribution is 6.76. The van der Waals surface area contributed by atoms with Crippen LogP contribution in [0.1, 0.15) is 35.3 Å². The van der Waals surface area contributed by atoms with Gasteiger partial charge in [-0.05, 0) is 30.2 Å². The Kier molecular flexibility index (Phi) is 6.40. The summed E-state index contributed by atoms with van der Waals surface area (Å²) in [5, 5.41) is 12.5. The molecule has 0 radical (unpaired) electrons. The second-order valence-electron chi connectivity index (χ2n) is 9.02. The van der Waals surface area contributed by atoms with Crippen LogP contribution in [-0.2, 0) is 18.0 Å². The van der Waals surface area contributed by atoms with Crippen LogP contribution in [0.2, 0.25) is 25.7 Å². The standard InChI is InChI=1S/C20H29F2N3O3Si/c1-29(2,3)9-8-28-13-25-7-5-16-18(25)14(10-17(24-16)19(26)27)12-23-15-4-6-20(21,22)11-15/h5,7,10,15,23H,4,6,8-9,11-13H2,1-3H3,(H,26,27)/t15-/m0/s1. The monoisotopic (exact) mass is 425 g/mol. The van der Waals surface area contributed by atoms with Crippen LogP contribution in [0.3, 0.4) is 0 Å². The number of hydrogen-bond donors (Lipinski definition) is 2. The third kappa shape index (κ3) is 5.83. The lowest BCUT2D eigenvalue weighted by molar-refractivity contribution is 0.00686. The number of carboxylic acid groups (broad SMARTS) is 1. The number of aromatic nitrogens is 2. The van der Waals surface area contributed by atoms with Crippen molar-refractivity contribution in [2.45, 2.75) is 70.2 Å². The molecule has 2 heterocycles. The maximum absolute atomic E-state index is 13.5. The van der Waals surface area contributed by atoms with E-state index < -0.39 is 20.0 Å². The molecule has 1 atom stereocenters. The molecule has 1 aliphatic rings. The van der Waals surface area contributed by atoms with Crippen molar-refractivity contribution in [3.63, 3.8) is 0 Å². The van der Waals surface area contributed by atoms with E-state index in [0.717, 1.165) is 17.1 Å². The lowest BCUT2D eigenvalue weighted by Crippen LogP contribution is -2.28. The molecule has 9 heteroatoms. The van der Waals surface area contributed by atoms with Crippen LogP contribution in [-0.4, -0.2) is 47.3 Å². The van der Waals surface area contributed by atoms with Gasteiger partial charge in [0.15, 0.2) is 0 Å². The molecule has 1 aliphatic carbocycles. The van der Waals surface area contributed by atoms with Crippen LogP contribution in [0, 0.1) is 0 Å². The first-order valence-electron chi connectivity index (χ1n) is 9.95. The first kappa shape index (κ1) is 21.9. The highest BCUT2D eigenvalue weighted by Crippen LogP contribution is 2.35. The maximum Gasteiger partial charge on any atom is 0.354 e. The zero-order valence-corrected chi connectivity index (χ0v) is 18.2. The van der Waals surface area contributed by atoms with E-state index in [1.54, 1.807) is 6.07 Å². The van der Waals surface area contributed by atoms with Crippen molar-refractivity contribution >= 4 is 25.1 Å². The summed E-state index contributed by atoms with van der Waals surface area (Å²) in [5.74, 6) is -3.73. The fourth-order valence-electron chi connectivity index (χ4n) is 3.57. The third-order valence-electron chi connectivity index (χ3n) is 5.23. The molecular formula is C20H29F2N3O3Si. The molecule has 0 saturated heterocycles. The van der Waals surface area contributed by atoms with Crippen LogP contribution in [0.4, 0.5) is 8.78 Å². The van der Waals surface area contributed by atoms with E-state index in [1.165, 1.54) is 6.07 Å². The summed E-state index contributed by atoms with van der Waals surface area (Å²) in [6.45, 7) is 8.18. The van der Waals surface area contributed by atoms with Crippen molar-refractivity contribution in [2.24, 2.45) is 0 Å². The predicted octanol–water partition coefficient (Wildman–Crippen LogP) is 4.32. The number of nitrogens with one attached hydrogen (secondary N) is 1. The van der Waals surface area contributed by atoms with Gasteiger partial charge < -0.3 is 19.7 Å². The third-order valence-corrected chi connectivity index (χ3v) is 6.93. The van der Waals surface area contributed by atoms with E-state index in [-0.39, 0.29) is 24.6 Å². The van der Waals surface area contributed by atoms with Crippen molar-refractivity contribution in [3.05, 3.63) is 29.6 Å². The molecule has 0 aliphatic heterocycles. The molecule has 0 bridgehead atoms. The number of nitrogens with zero attached hydrogens (tertiary/aromatic N) is 2. The average molecular weight is 426 g/mol. The lowest BCUT2D eigenvalue weighted by atomic mass is 10.1. The number of alkyl halides is 2. The Hall–Kier alpha value is -1.84.